The molecule has 1 aliphatic heterocycles. The van der Waals surface area contributed by atoms with Gasteiger partial charge in [0.2, 0.25) is 10.0 Å². The van der Waals surface area contributed by atoms with Crippen LogP contribution in [0.25, 0.3) is 0 Å². The minimum Gasteiger partial charge on any atom is -0.258 e. The van der Waals surface area contributed by atoms with E-state index in [2.05, 4.69) is 0 Å². The number of hydrogen-bond acceptors (Lipinski definition) is 4. The Morgan fingerprint density at radius 3 is 2.36 bits per heavy atom. The molecule has 2 atom stereocenters. The topological polar surface area (TPSA) is 80.3 Å². The second-order valence-electron chi connectivity index (χ2n) is 4.86. The second-order valence-corrected chi connectivity index (χ2v) is 7.16. The van der Waals surface area contributed by atoms with E-state index in [0.717, 1.165) is 5.56 Å². The van der Waals surface area contributed by atoms with Crippen molar-refractivity contribution in [1.29, 1.82) is 0 Å². The van der Waals surface area contributed by atoms with E-state index < -0.39 is 14.9 Å². The molecule has 2 unspecified atom stereocenters. The molecule has 22 heavy (non-hydrogen) atoms. The highest BCUT2D eigenvalue weighted by Gasteiger charge is 2.46. The third kappa shape index (κ3) is 2.58. The van der Waals surface area contributed by atoms with Gasteiger partial charge in [-0.3, -0.25) is 10.1 Å². The van der Waals surface area contributed by atoms with E-state index in [-0.39, 0.29) is 16.6 Å². The molecule has 8 heteroatoms. The van der Waals surface area contributed by atoms with Crippen molar-refractivity contribution < 1.29 is 13.3 Å². The first-order chi connectivity index (χ1) is 10.4. The number of benzene rings is 2. The molecule has 0 bridgehead atoms. The fourth-order valence-electron chi connectivity index (χ4n) is 2.26. The minimum absolute atomic E-state index is 0.0349. The van der Waals surface area contributed by atoms with Gasteiger partial charge in [-0.1, -0.05) is 29.8 Å². The molecule has 0 amide bonds. The Kier molecular flexibility index (Phi) is 3.64. The quantitative estimate of drug-likeness (QED) is 0.487. The number of nitro groups is 1. The van der Waals surface area contributed by atoms with Crippen molar-refractivity contribution in [2.75, 3.05) is 6.54 Å². The minimum atomic E-state index is -3.67. The first-order valence-corrected chi connectivity index (χ1v) is 8.24. The van der Waals surface area contributed by atoms with Crippen molar-refractivity contribution in [3.8, 4) is 0 Å². The highest BCUT2D eigenvalue weighted by atomic mass is 35.5. The normalized spacial score (nSPS) is 20.6. The fraction of sp³-hybridized carbons (Fsp3) is 0.143. The van der Waals surface area contributed by atoms with Gasteiger partial charge in [-0.05, 0) is 23.8 Å². The van der Waals surface area contributed by atoms with Gasteiger partial charge in [-0.25, -0.2) is 8.42 Å². The van der Waals surface area contributed by atoms with Gasteiger partial charge in [0, 0.05) is 23.7 Å². The maximum absolute atomic E-state index is 12.5. The summed E-state index contributed by atoms with van der Waals surface area (Å²) in [5.41, 5.74) is 0.613. The third-order valence-corrected chi connectivity index (χ3v) is 5.72. The van der Waals surface area contributed by atoms with Crippen LogP contribution >= 0.6 is 11.6 Å². The fourth-order valence-corrected chi connectivity index (χ4v) is 4.06. The van der Waals surface area contributed by atoms with Crippen LogP contribution in [-0.2, 0) is 10.0 Å². The second kappa shape index (κ2) is 5.35. The molecule has 0 spiro atoms. The highest BCUT2D eigenvalue weighted by molar-refractivity contribution is 7.89. The van der Waals surface area contributed by atoms with Crippen LogP contribution in [0.2, 0.25) is 5.02 Å². The monoisotopic (exact) mass is 338 g/mol. The Morgan fingerprint density at radius 1 is 1.14 bits per heavy atom. The number of sulfonamides is 1. The Balaban J connectivity index is 1.86. The van der Waals surface area contributed by atoms with Crippen molar-refractivity contribution in [3.05, 3.63) is 69.2 Å². The van der Waals surface area contributed by atoms with Gasteiger partial charge >= 0.3 is 0 Å². The molecule has 0 N–H and O–H groups in total. The Bertz CT molecular complexity index is 836. The summed E-state index contributed by atoms with van der Waals surface area (Å²) in [4.78, 5) is 10.1. The van der Waals surface area contributed by atoms with E-state index in [4.69, 9.17) is 11.6 Å². The van der Waals surface area contributed by atoms with Crippen LogP contribution in [-0.4, -0.2) is 24.2 Å². The van der Waals surface area contributed by atoms with Crippen molar-refractivity contribution in [2.24, 2.45) is 0 Å². The maximum Gasteiger partial charge on any atom is 0.269 e. The third-order valence-electron chi connectivity index (χ3n) is 3.49. The summed E-state index contributed by atoms with van der Waals surface area (Å²) < 4.78 is 26.3. The van der Waals surface area contributed by atoms with Gasteiger partial charge in [0.15, 0.2) is 0 Å². The van der Waals surface area contributed by atoms with Crippen LogP contribution in [0.5, 0.6) is 0 Å². The van der Waals surface area contributed by atoms with Crippen molar-refractivity contribution >= 4 is 27.3 Å². The summed E-state index contributed by atoms with van der Waals surface area (Å²) in [6, 6.07) is 11.7. The van der Waals surface area contributed by atoms with Gasteiger partial charge < -0.3 is 0 Å². The molecule has 0 aromatic heterocycles. The summed E-state index contributed by atoms with van der Waals surface area (Å²) in [6.45, 7) is 0.350. The predicted molar refractivity (Wildman–Crippen MR) is 81.2 cm³/mol. The van der Waals surface area contributed by atoms with Crippen molar-refractivity contribution in [3.63, 3.8) is 0 Å². The van der Waals surface area contributed by atoms with Gasteiger partial charge in [-0.15, -0.1) is 0 Å². The molecule has 6 nitrogen and oxygen atoms in total. The van der Waals surface area contributed by atoms with Crippen LogP contribution < -0.4 is 0 Å². The van der Waals surface area contributed by atoms with E-state index in [0.29, 0.717) is 11.6 Å². The van der Waals surface area contributed by atoms with E-state index in [1.54, 1.807) is 24.3 Å². The molecule has 1 heterocycles. The van der Waals surface area contributed by atoms with E-state index in [1.165, 1.54) is 28.6 Å². The zero-order valence-electron chi connectivity index (χ0n) is 11.2. The van der Waals surface area contributed by atoms with Gasteiger partial charge in [0.05, 0.1) is 15.9 Å². The van der Waals surface area contributed by atoms with Crippen molar-refractivity contribution in [2.45, 2.75) is 10.9 Å². The molecular formula is C14H11ClN2O4S. The highest BCUT2D eigenvalue weighted by Crippen LogP contribution is 2.42. The van der Waals surface area contributed by atoms with Crippen LogP contribution in [0.15, 0.2) is 53.4 Å². The summed E-state index contributed by atoms with van der Waals surface area (Å²) in [6.07, 6.45) is 0. The average molecular weight is 339 g/mol. The predicted octanol–water partition coefficient (Wildman–Crippen LogP) is 2.99. The van der Waals surface area contributed by atoms with Crippen molar-refractivity contribution in [1.82, 2.24) is 4.31 Å². The molecule has 3 rings (SSSR count). The number of hydrogen-bond donors (Lipinski definition) is 0. The van der Waals surface area contributed by atoms with Gasteiger partial charge in [-0.2, -0.15) is 4.31 Å². The molecule has 2 aromatic rings. The first-order valence-electron chi connectivity index (χ1n) is 6.42. The molecular weight excluding hydrogens is 328 g/mol. The molecule has 1 aliphatic rings. The number of rotatable bonds is 4. The molecule has 0 saturated carbocycles. The molecule has 0 aliphatic carbocycles. The van der Waals surface area contributed by atoms with E-state index in [9.17, 15) is 18.5 Å². The maximum atomic E-state index is 12.5. The van der Waals surface area contributed by atoms with Crippen LogP contribution in [0, 0.1) is 10.1 Å². The average Bonchev–Trinajstić information content (AvgIpc) is 3.29. The lowest BCUT2D eigenvalue weighted by molar-refractivity contribution is -0.384. The largest absolute Gasteiger partial charge is 0.269 e. The van der Waals surface area contributed by atoms with E-state index in [1.807, 2.05) is 0 Å². The zero-order valence-corrected chi connectivity index (χ0v) is 12.8. The van der Waals surface area contributed by atoms with Gasteiger partial charge in [0.1, 0.15) is 0 Å². The molecule has 114 valence electrons. The lowest BCUT2D eigenvalue weighted by atomic mass is 10.2. The summed E-state index contributed by atoms with van der Waals surface area (Å²) in [7, 11) is -3.67. The van der Waals surface area contributed by atoms with Gasteiger partial charge in [0.25, 0.3) is 5.69 Å². The summed E-state index contributed by atoms with van der Waals surface area (Å²) in [5.74, 6) is 0. The zero-order chi connectivity index (χ0) is 15.9. The summed E-state index contributed by atoms with van der Waals surface area (Å²) in [5, 5.41) is 11.1. The van der Waals surface area contributed by atoms with Crippen LogP contribution in [0.1, 0.15) is 11.6 Å². The number of nitrogens with zero attached hydrogens (tertiary/aromatic N) is 2. The Hall–Kier alpha value is -1.96. The standard InChI is InChI=1S/C14H11ClN2O4S/c15-13-4-2-1-3-12(13)14-9-16(14)22(20,21)11-7-5-10(6-8-11)17(18)19/h1-8,14H,9H2. The van der Waals surface area contributed by atoms with Crippen LogP contribution in [0.3, 0.4) is 0 Å². The van der Waals surface area contributed by atoms with E-state index >= 15 is 0 Å². The van der Waals surface area contributed by atoms with Crippen LogP contribution in [0.4, 0.5) is 5.69 Å². The first kappa shape index (κ1) is 15.0. The smallest absolute Gasteiger partial charge is 0.258 e. The number of halogens is 1. The lowest BCUT2D eigenvalue weighted by Crippen LogP contribution is -2.12. The Labute approximate surface area is 132 Å². The summed E-state index contributed by atoms with van der Waals surface area (Å²) >= 11 is 6.08. The molecule has 2 aromatic carbocycles. The lowest BCUT2D eigenvalue weighted by Gasteiger charge is -2.07. The molecule has 1 saturated heterocycles. The molecule has 1 fully saturated rings. The number of nitro benzene ring substituents is 1. The Morgan fingerprint density at radius 2 is 1.77 bits per heavy atom. The molecule has 0 radical (unpaired) electrons. The number of non-ortho nitro benzene ring substituents is 1. The SMILES string of the molecule is O=[N+]([O-])c1ccc(S(=O)(=O)N2CC2c2ccccc2Cl)cc1.